The molecule has 2 aromatic carbocycles. The van der Waals surface area contributed by atoms with Crippen LogP contribution in [0, 0.1) is 0 Å². The van der Waals surface area contributed by atoms with Crippen molar-refractivity contribution in [1.82, 2.24) is 9.21 Å². The molecular weight excluding hydrogens is 428 g/mol. The summed E-state index contributed by atoms with van der Waals surface area (Å²) in [5.41, 5.74) is 0.589. The van der Waals surface area contributed by atoms with Crippen LogP contribution >= 0.6 is 0 Å². The maximum Gasteiger partial charge on any atom is 0.253 e. The van der Waals surface area contributed by atoms with Crippen LogP contribution in [0.3, 0.4) is 0 Å². The zero-order chi connectivity index (χ0) is 22.6. The van der Waals surface area contributed by atoms with E-state index >= 15 is 0 Å². The van der Waals surface area contributed by atoms with Crippen LogP contribution in [0.5, 0.6) is 11.5 Å². The number of benzene rings is 2. The summed E-state index contributed by atoms with van der Waals surface area (Å²) in [5.74, 6) is 1.34. The van der Waals surface area contributed by atoms with Crippen molar-refractivity contribution in [3.63, 3.8) is 0 Å². The lowest BCUT2D eigenvalue weighted by Crippen LogP contribution is -2.50. The normalized spacial score (nSPS) is 18.0. The van der Waals surface area contributed by atoms with Gasteiger partial charge in [-0.05, 0) is 81.1 Å². The molecule has 0 atom stereocenters. The molecule has 1 aliphatic heterocycles. The summed E-state index contributed by atoms with van der Waals surface area (Å²) in [5, 5.41) is 0. The molecule has 0 N–H and O–H groups in total. The first kappa shape index (κ1) is 22.6. The van der Waals surface area contributed by atoms with Gasteiger partial charge in [0.2, 0.25) is 10.0 Å². The lowest BCUT2D eigenvalue weighted by Gasteiger charge is -2.34. The van der Waals surface area contributed by atoms with Crippen molar-refractivity contribution in [2.24, 2.45) is 0 Å². The number of hydrogen-bond donors (Lipinski definition) is 0. The molecule has 1 saturated carbocycles. The third-order valence-electron chi connectivity index (χ3n) is 6.00. The highest BCUT2D eigenvalue weighted by Crippen LogP contribution is 2.25. The highest BCUT2D eigenvalue weighted by atomic mass is 32.2. The van der Waals surface area contributed by atoms with E-state index in [4.69, 9.17) is 9.47 Å². The lowest BCUT2D eigenvalue weighted by atomic mass is 10.1. The standard InChI is InChI=1S/C24H30N2O5S/c1-2-30-20-11-13-23(14-12-20)32(28,29)26-17-15-25(16-18-26)24(27)19-7-9-22(10-8-19)31-21-5-3-4-6-21/h7-14,21H,2-6,15-18H2,1H3. The third-order valence-corrected chi connectivity index (χ3v) is 7.92. The van der Waals surface area contributed by atoms with Gasteiger partial charge in [0.05, 0.1) is 17.6 Å². The lowest BCUT2D eigenvalue weighted by molar-refractivity contribution is 0.0698. The van der Waals surface area contributed by atoms with E-state index in [0.29, 0.717) is 31.0 Å². The third kappa shape index (κ3) is 5.07. The Kier molecular flexibility index (Phi) is 7.01. The highest BCUT2D eigenvalue weighted by molar-refractivity contribution is 7.89. The second-order valence-corrected chi connectivity index (χ2v) is 10.1. The van der Waals surface area contributed by atoms with Crippen molar-refractivity contribution in [2.75, 3.05) is 32.8 Å². The molecule has 4 rings (SSSR count). The largest absolute Gasteiger partial charge is 0.494 e. The van der Waals surface area contributed by atoms with Gasteiger partial charge in [-0.2, -0.15) is 4.31 Å². The van der Waals surface area contributed by atoms with Crippen LogP contribution in [0.15, 0.2) is 53.4 Å². The molecule has 1 saturated heterocycles. The molecule has 0 radical (unpaired) electrons. The Bertz CT molecular complexity index is 1010. The fourth-order valence-electron chi connectivity index (χ4n) is 4.21. The Morgan fingerprint density at radius 3 is 2.09 bits per heavy atom. The monoisotopic (exact) mass is 458 g/mol. The fourth-order valence-corrected chi connectivity index (χ4v) is 5.63. The predicted molar refractivity (Wildman–Crippen MR) is 122 cm³/mol. The van der Waals surface area contributed by atoms with Gasteiger partial charge < -0.3 is 14.4 Å². The molecule has 1 heterocycles. The van der Waals surface area contributed by atoms with E-state index in [1.165, 1.54) is 17.1 Å². The summed E-state index contributed by atoms with van der Waals surface area (Å²) in [6.45, 7) is 3.65. The Hall–Kier alpha value is -2.58. The Labute approximate surface area is 190 Å². The van der Waals surface area contributed by atoms with Gasteiger partial charge in [-0.3, -0.25) is 4.79 Å². The van der Waals surface area contributed by atoms with Gasteiger partial charge in [0.15, 0.2) is 0 Å². The van der Waals surface area contributed by atoms with Gasteiger partial charge in [0.25, 0.3) is 5.91 Å². The molecule has 0 aromatic heterocycles. The smallest absolute Gasteiger partial charge is 0.253 e. The van der Waals surface area contributed by atoms with E-state index < -0.39 is 10.0 Å². The van der Waals surface area contributed by atoms with Crippen LogP contribution in [0.25, 0.3) is 0 Å². The molecule has 1 amide bonds. The zero-order valence-electron chi connectivity index (χ0n) is 18.4. The highest BCUT2D eigenvalue weighted by Gasteiger charge is 2.30. The average Bonchev–Trinajstić information content (AvgIpc) is 3.33. The van der Waals surface area contributed by atoms with Crippen LogP contribution in [0.4, 0.5) is 0 Å². The van der Waals surface area contributed by atoms with Crippen molar-refractivity contribution in [3.8, 4) is 11.5 Å². The molecule has 7 nitrogen and oxygen atoms in total. The Morgan fingerprint density at radius 2 is 1.50 bits per heavy atom. The van der Waals surface area contributed by atoms with E-state index in [2.05, 4.69) is 0 Å². The van der Waals surface area contributed by atoms with Crippen molar-refractivity contribution >= 4 is 15.9 Å². The number of piperazine rings is 1. The number of hydrogen-bond acceptors (Lipinski definition) is 5. The van der Waals surface area contributed by atoms with Gasteiger partial charge in [-0.25, -0.2) is 8.42 Å². The maximum atomic E-state index is 13.0. The van der Waals surface area contributed by atoms with Crippen molar-refractivity contribution < 1.29 is 22.7 Å². The minimum atomic E-state index is -3.60. The minimum Gasteiger partial charge on any atom is -0.494 e. The zero-order valence-corrected chi connectivity index (χ0v) is 19.2. The molecule has 172 valence electrons. The Morgan fingerprint density at radius 1 is 0.906 bits per heavy atom. The van der Waals surface area contributed by atoms with Crippen LogP contribution in [0.2, 0.25) is 0 Å². The number of sulfonamides is 1. The van der Waals surface area contributed by atoms with Gasteiger partial charge in [0.1, 0.15) is 11.5 Å². The van der Waals surface area contributed by atoms with Crippen molar-refractivity contribution in [1.29, 1.82) is 0 Å². The predicted octanol–water partition coefficient (Wildman–Crippen LogP) is 3.55. The molecule has 0 spiro atoms. The molecule has 0 bridgehead atoms. The first-order chi connectivity index (χ1) is 15.5. The maximum absolute atomic E-state index is 13.0. The summed E-state index contributed by atoms with van der Waals surface area (Å²) < 4.78 is 38.7. The van der Waals surface area contributed by atoms with Crippen molar-refractivity contribution in [3.05, 3.63) is 54.1 Å². The number of rotatable bonds is 7. The average molecular weight is 459 g/mol. The van der Waals surface area contributed by atoms with E-state index in [1.807, 2.05) is 19.1 Å². The van der Waals surface area contributed by atoms with Crippen LogP contribution < -0.4 is 9.47 Å². The molecule has 2 aromatic rings. The number of ether oxygens (including phenoxy) is 2. The van der Waals surface area contributed by atoms with Crippen LogP contribution in [0.1, 0.15) is 43.0 Å². The van der Waals surface area contributed by atoms with E-state index in [0.717, 1.165) is 18.6 Å². The number of carbonyl (C=O) groups is 1. The topological polar surface area (TPSA) is 76.2 Å². The molecule has 8 heteroatoms. The summed E-state index contributed by atoms with van der Waals surface area (Å²) in [4.78, 5) is 14.8. The summed E-state index contributed by atoms with van der Waals surface area (Å²) in [6, 6.07) is 13.7. The first-order valence-electron chi connectivity index (χ1n) is 11.3. The fraction of sp³-hybridized carbons (Fsp3) is 0.458. The molecule has 1 aliphatic carbocycles. The molecule has 32 heavy (non-hydrogen) atoms. The molecule has 2 fully saturated rings. The Balaban J connectivity index is 1.33. The van der Waals surface area contributed by atoms with E-state index in [1.54, 1.807) is 41.3 Å². The second-order valence-electron chi connectivity index (χ2n) is 8.15. The summed E-state index contributed by atoms with van der Waals surface area (Å²) in [6.07, 6.45) is 4.87. The van der Waals surface area contributed by atoms with Gasteiger partial charge in [-0.1, -0.05) is 0 Å². The quantitative estimate of drug-likeness (QED) is 0.634. The summed E-state index contributed by atoms with van der Waals surface area (Å²) in [7, 11) is -3.60. The van der Waals surface area contributed by atoms with E-state index in [9.17, 15) is 13.2 Å². The molecule has 0 unspecified atom stereocenters. The number of nitrogens with zero attached hydrogens (tertiary/aromatic N) is 2. The van der Waals surface area contributed by atoms with Crippen LogP contribution in [-0.4, -0.2) is 62.4 Å². The van der Waals surface area contributed by atoms with Gasteiger partial charge in [-0.15, -0.1) is 0 Å². The van der Waals surface area contributed by atoms with Crippen molar-refractivity contribution in [2.45, 2.75) is 43.6 Å². The second kappa shape index (κ2) is 9.92. The molecule has 2 aliphatic rings. The SMILES string of the molecule is CCOc1ccc(S(=O)(=O)N2CCN(C(=O)c3ccc(OC4CCCC4)cc3)CC2)cc1. The van der Waals surface area contributed by atoms with E-state index in [-0.39, 0.29) is 30.0 Å². The van der Waals surface area contributed by atoms with Gasteiger partial charge in [0, 0.05) is 31.7 Å². The summed E-state index contributed by atoms with van der Waals surface area (Å²) >= 11 is 0. The first-order valence-corrected chi connectivity index (χ1v) is 12.7. The van der Waals surface area contributed by atoms with Crippen LogP contribution in [-0.2, 0) is 10.0 Å². The minimum absolute atomic E-state index is 0.0875. The molecular formula is C24H30N2O5S. The van der Waals surface area contributed by atoms with Gasteiger partial charge >= 0.3 is 0 Å². The number of amides is 1. The number of carbonyl (C=O) groups excluding carboxylic acids is 1.